The van der Waals surface area contributed by atoms with Crippen LogP contribution in [0.3, 0.4) is 0 Å². The van der Waals surface area contributed by atoms with E-state index >= 15 is 0 Å². The second kappa shape index (κ2) is 6.05. The topological polar surface area (TPSA) is 37.4 Å². The first-order valence-corrected chi connectivity index (χ1v) is 7.64. The number of hydrogen-bond donors (Lipinski definition) is 0. The van der Waals surface area contributed by atoms with Crippen LogP contribution in [-0.4, -0.2) is 23.3 Å². The first-order valence-electron chi connectivity index (χ1n) is 5.86. The number of carbonyl (C=O) groups excluding carboxylic acids is 2. The summed E-state index contributed by atoms with van der Waals surface area (Å²) in [4.78, 5) is 24.5. The Morgan fingerprint density at radius 2 is 2.32 bits per heavy atom. The van der Waals surface area contributed by atoms with Gasteiger partial charge in [-0.25, -0.2) is 4.39 Å². The molecule has 1 saturated heterocycles. The molecule has 6 heteroatoms. The molecular weight excluding hydrogens is 333 g/mol. The highest BCUT2D eigenvalue weighted by Gasteiger charge is 2.31. The molecule has 0 radical (unpaired) electrons. The monoisotopic (exact) mass is 345 g/mol. The Morgan fingerprint density at radius 1 is 1.58 bits per heavy atom. The molecule has 0 aliphatic carbocycles. The Bertz CT molecular complexity index is 523. The smallest absolute Gasteiger partial charge is 0.227 e. The normalized spacial score (nSPS) is 19.0. The van der Waals surface area contributed by atoms with E-state index in [9.17, 15) is 14.0 Å². The summed E-state index contributed by atoms with van der Waals surface area (Å²) in [5.41, 5.74) is 0.556. The van der Waals surface area contributed by atoms with E-state index in [0.29, 0.717) is 28.9 Å². The molecule has 1 aromatic rings. The molecule has 2 rings (SSSR count). The second-order valence-electron chi connectivity index (χ2n) is 4.47. The Kier molecular flexibility index (Phi) is 4.62. The SMILES string of the molecule is CC(=O)SCC1CC(=O)N(c2cc(F)ccc2Br)C1. The molecule has 3 nitrogen and oxygen atoms in total. The number of nitrogens with zero attached hydrogens (tertiary/aromatic N) is 1. The van der Waals surface area contributed by atoms with Crippen LogP contribution < -0.4 is 4.90 Å². The average molecular weight is 346 g/mol. The van der Waals surface area contributed by atoms with Crippen LogP contribution in [0.4, 0.5) is 10.1 Å². The number of carbonyl (C=O) groups is 2. The molecule has 0 aromatic heterocycles. The van der Waals surface area contributed by atoms with Crippen molar-refractivity contribution in [1.82, 2.24) is 0 Å². The van der Waals surface area contributed by atoms with Crippen LogP contribution in [0.1, 0.15) is 13.3 Å². The number of rotatable bonds is 3. The standard InChI is InChI=1S/C13H13BrFNO2S/c1-8(17)19-7-9-4-13(18)16(6-9)12-5-10(15)2-3-11(12)14/h2-3,5,9H,4,6-7H2,1H3. The fraction of sp³-hybridized carbons (Fsp3) is 0.385. The zero-order chi connectivity index (χ0) is 14.0. The minimum absolute atomic E-state index is 0.0274. The number of thioether (sulfide) groups is 1. The maximum Gasteiger partial charge on any atom is 0.227 e. The molecule has 1 aromatic carbocycles. The van der Waals surface area contributed by atoms with E-state index in [-0.39, 0.29) is 22.8 Å². The predicted molar refractivity (Wildman–Crippen MR) is 77.7 cm³/mol. The van der Waals surface area contributed by atoms with Crippen molar-refractivity contribution in [3.63, 3.8) is 0 Å². The van der Waals surface area contributed by atoms with Gasteiger partial charge in [0.1, 0.15) is 5.82 Å². The van der Waals surface area contributed by atoms with E-state index in [1.807, 2.05) is 0 Å². The summed E-state index contributed by atoms with van der Waals surface area (Å²) in [6.07, 6.45) is 0.406. The van der Waals surface area contributed by atoms with Gasteiger partial charge in [-0.2, -0.15) is 0 Å². The van der Waals surface area contributed by atoms with E-state index in [4.69, 9.17) is 0 Å². The molecule has 1 atom stereocenters. The first kappa shape index (κ1) is 14.5. The lowest BCUT2D eigenvalue weighted by atomic mass is 10.1. The summed E-state index contributed by atoms with van der Waals surface area (Å²) >= 11 is 4.56. The third kappa shape index (κ3) is 3.57. The van der Waals surface area contributed by atoms with Crippen molar-refractivity contribution in [3.8, 4) is 0 Å². The van der Waals surface area contributed by atoms with Crippen LogP contribution in [0, 0.1) is 11.7 Å². The van der Waals surface area contributed by atoms with Gasteiger partial charge in [0.25, 0.3) is 0 Å². The molecule has 0 bridgehead atoms. The van der Waals surface area contributed by atoms with Gasteiger partial charge in [0, 0.05) is 30.1 Å². The first-order chi connectivity index (χ1) is 8.97. The molecule has 102 valence electrons. The lowest BCUT2D eigenvalue weighted by Gasteiger charge is -2.18. The molecule has 1 heterocycles. The number of benzene rings is 1. The molecule has 0 saturated carbocycles. The van der Waals surface area contributed by atoms with Gasteiger partial charge >= 0.3 is 0 Å². The van der Waals surface area contributed by atoms with E-state index in [1.54, 1.807) is 11.0 Å². The van der Waals surface area contributed by atoms with Gasteiger partial charge in [-0.3, -0.25) is 9.59 Å². The zero-order valence-electron chi connectivity index (χ0n) is 10.4. The lowest BCUT2D eigenvalue weighted by molar-refractivity contribution is -0.117. The van der Waals surface area contributed by atoms with Crippen molar-refractivity contribution in [1.29, 1.82) is 0 Å². The van der Waals surface area contributed by atoms with Gasteiger partial charge in [0.15, 0.2) is 5.12 Å². The van der Waals surface area contributed by atoms with Gasteiger partial charge in [0.05, 0.1) is 5.69 Å². The van der Waals surface area contributed by atoms with Crippen LogP contribution in [-0.2, 0) is 9.59 Å². The largest absolute Gasteiger partial charge is 0.311 e. The van der Waals surface area contributed by atoms with Crippen LogP contribution in [0.25, 0.3) is 0 Å². The van der Waals surface area contributed by atoms with Gasteiger partial charge < -0.3 is 4.90 Å². The second-order valence-corrected chi connectivity index (χ2v) is 6.52. The fourth-order valence-corrected chi connectivity index (χ4v) is 3.21. The summed E-state index contributed by atoms with van der Waals surface area (Å²) in [5, 5.41) is 0.0536. The van der Waals surface area contributed by atoms with Crippen molar-refractivity contribution in [2.45, 2.75) is 13.3 Å². The van der Waals surface area contributed by atoms with E-state index in [2.05, 4.69) is 15.9 Å². The Hall–Kier alpha value is -0.880. The summed E-state index contributed by atoms with van der Waals surface area (Å²) in [6, 6.07) is 4.29. The molecule has 1 unspecified atom stereocenters. The summed E-state index contributed by atoms with van der Waals surface area (Å²) in [6.45, 7) is 2.05. The summed E-state index contributed by atoms with van der Waals surface area (Å²) < 4.78 is 14.0. The van der Waals surface area contributed by atoms with Crippen molar-refractivity contribution >= 4 is 44.4 Å². The zero-order valence-corrected chi connectivity index (χ0v) is 12.8. The van der Waals surface area contributed by atoms with Crippen LogP contribution in [0.5, 0.6) is 0 Å². The van der Waals surface area contributed by atoms with Crippen LogP contribution in [0.15, 0.2) is 22.7 Å². The van der Waals surface area contributed by atoms with Gasteiger partial charge in [-0.15, -0.1) is 0 Å². The number of halogens is 2. The van der Waals surface area contributed by atoms with Crippen molar-refractivity contribution in [3.05, 3.63) is 28.5 Å². The molecule has 0 spiro atoms. The molecule has 1 amide bonds. The number of hydrogen-bond acceptors (Lipinski definition) is 3. The number of amides is 1. The quantitative estimate of drug-likeness (QED) is 0.843. The molecular formula is C13H13BrFNO2S. The summed E-state index contributed by atoms with van der Waals surface area (Å²) in [5.74, 6) is 0.370. The molecule has 0 N–H and O–H groups in total. The molecule has 1 fully saturated rings. The van der Waals surface area contributed by atoms with Gasteiger partial charge in [-0.1, -0.05) is 11.8 Å². The third-order valence-electron chi connectivity index (χ3n) is 2.93. The Labute approximate surface area is 123 Å². The highest BCUT2D eigenvalue weighted by molar-refractivity contribution is 9.10. The van der Waals surface area contributed by atoms with Gasteiger partial charge in [-0.05, 0) is 40.0 Å². The fourth-order valence-electron chi connectivity index (χ4n) is 2.05. The summed E-state index contributed by atoms with van der Waals surface area (Å²) in [7, 11) is 0. The van der Waals surface area contributed by atoms with Crippen LogP contribution in [0.2, 0.25) is 0 Å². The highest BCUT2D eigenvalue weighted by Crippen LogP contribution is 2.33. The van der Waals surface area contributed by atoms with E-state index in [0.717, 1.165) is 0 Å². The molecule has 19 heavy (non-hydrogen) atoms. The maximum atomic E-state index is 13.3. The highest BCUT2D eigenvalue weighted by atomic mass is 79.9. The molecule has 1 aliphatic heterocycles. The minimum Gasteiger partial charge on any atom is -0.311 e. The molecule has 1 aliphatic rings. The minimum atomic E-state index is -0.368. The van der Waals surface area contributed by atoms with Crippen molar-refractivity contribution < 1.29 is 14.0 Å². The predicted octanol–water partition coefficient (Wildman–Crippen LogP) is 3.22. The lowest BCUT2D eigenvalue weighted by Crippen LogP contribution is -2.25. The Morgan fingerprint density at radius 3 is 3.00 bits per heavy atom. The Balaban J connectivity index is 2.11. The van der Waals surface area contributed by atoms with E-state index in [1.165, 1.54) is 30.8 Å². The van der Waals surface area contributed by atoms with Crippen molar-refractivity contribution in [2.24, 2.45) is 5.92 Å². The maximum absolute atomic E-state index is 13.3. The average Bonchev–Trinajstić information content (AvgIpc) is 2.71. The van der Waals surface area contributed by atoms with Crippen molar-refractivity contribution in [2.75, 3.05) is 17.2 Å². The van der Waals surface area contributed by atoms with E-state index < -0.39 is 0 Å². The third-order valence-corrected chi connectivity index (χ3v) is 4.64. The number of anilines is 1. The van der Waals surface area contributed by atoms with Gasteiger partial charge in [0.2, 0.25) is 5.91 Å². The van der Waals surface area contributed by atoms with Crippen LogP contribution >= 0.6 is 27.7 Å².